The Labute approximate surface area is 148 Å². The van der Waals surface area contributed by atoms with E-state index >= 15 is 0 Å². The molecule has 138 valence electrons. The number of carbonyl (C=O) groups is 1. The van der Waals surface area contributed by atoms with E-state index in [2.05, 4.69) is 4.74 Å². The van der Waals surface area contributed by atoms with Crippen LogP contribution in [-0.4, -0.2) is 33.6 Å². The molecule has 0 saturated carbocycles. The third-order valence-electron chi connectivity index (χ3n) is 3.81. The van der Waals surface area contributed by atoms with Gasteiger partial charge < -0.3 is 23.7 Å². The van der Waals surface area contributed by atoms with E-state index in [1.165, 1.54) is 20.3 Å². The average Bonchev–Trinajstić information content (AvgIpc) is 2.99. The molecule has 8 heteroatoms. The fourth-order valence-corrected chi connectivity index (χ4v) is 2.72. The van der Waals surface area contributed by atoms with Crippen molar-refractivity contribution < 1.29 is 37.3 Å². The van der Waals surface area contributed by atoms with Gasteiger partial charge >= 0.3 is 12.6 Å². The maximum absolute atomic E-state index is 12.6. The predicted molar refractivity (Wildman–Crippen MR) is 86.7 cm³/mol. The van der Waals surface area contributed by atoms with Crippen molar-refractivity contribution in [3.63, 3.8) is 0 Å². The van der Waals surface area contributed by atoms with E-state index < -0.39 is 6.61 Å². The number of rotatable bonds is 7. The summed E-state index contributed by atoms with van der Waals surface area (Å²) in [6, 6.07) is 8.09. The molecule has 2 aromatic carbocycles. The number of cyclic esters (lactones) is 1. The molecule has 1 aliphatic rings. The van der Waals surface area contributed by atoms with Crippen molar-refractivity contribution in [1.29, 1.82) is 0 Å². The molecular formula is C18H16F2O6. The minimum atomic E-state index is -3.01. The molecule has 2 aromatic rings. The number of esters is 1. The standard InChI is InChI=1S/C18H16F2O6/c1-22-9-25-15-12(5-6-14(16(15)23-2)26-18(19)20)10-3-4-13-11(7-10)8-24-17(13)21/h3-7,18H,8-9H2,1-2H3. The Morgan fingerprint density at radius 3 is 2.58 bits per heavy atom. The van der Waals surface area contributed by atoms with Crippen molar-refractivity contribution in [2.24, 2.45) is 0 Å². The smallest absolute Gasteiger partial charge is 0.387 e. The Kier molecular flexibility index (Phi) is 5.22. The van der Waals surface area contributed by atoms with Gasteiger partial charge in [-0.1, -0.05) is 6.07 Å². The predicted octanol–water partition coefficient (Wildman–Crippen LogP) is 3.62. The Bertz CT molecular complexity index is 822. The van der Waals surface area contributed by atoms with Gasteiger partial charge in [0.25, 0.3) is 0 Å². The molecule has 0 saturated heterocycles. The summed E-state index contributed by atoms with van der Waals surface area (Å²) >= 11 is 0. The van der Waals surface area contributed by atoms with Crippen LogP contribution in [0.5, 0.6) is 17.2 Å². The summed E-state index contributed by atoms with van der Waals surface area (Å²) in [6.45, 7) is -2.94. The van der Waals surface area contributed by atoms with E-state index in [0.29, 0.717) is 16.7 Å². The lowest BCUT2D eigenvalue weighted by Crippen LogP contribution is -2.07. The summed E-state index contributed by atoms with van der Waals surface area (Å²) in [5.74, 6) is -0.317. The second kappa shape index (κ2) is 7.57. The van der Waals surface area contributed by atoms with Gasteiger partial charge in [0.2, 0.25) is 5.75 Å². The SMILES string of the molecule is COCOc1c(-c2ccc3c(c2)COC3=O)ccc(OC(F)F)c1OC. The third-order valence-corrected chi connectivity index (χ3v) is 3.81. The number of alkyl halides is 2. The average molecular weight is 366 g/mol. The highest BCUT2D eigenvalue weighted by atomic mass is 19.3. The van der Waals surface area contributed by atoms with Crippen LogP contribution in [0.15, 0.2) is 30.3 Å². The summed E-state index contributed by atoms with van der Waals surface area (Å²) in [4.78, 5) is 11.6. The van der Waals surface area contributed by atoms with Crippen LogP contribution in [0.3, 0.4) is 0 Å². The van der Waals surface area contributed by atoms with E-state index in [9.17, 15) is 13.6 Å². The first-order chi connectivity index (χ1) is 12.5. The quantitative estimate of drug-likeness (QED) is 0.551. The molecule has 0 unspecified atom stereocenters. The zero-order valence-corrected chi connectivity index (χ0v) is 14.1. The van der Waals surface area contributed by atoms with E-state index in [-0.39, 0.29) is 36.6 Å². The first-order valence-electron chi connectivity index (χ1n) is 7.63. The van der Waals surface area contributed by atoms with Crippen LogP contribution in [0, 0.1) is 0 Å². The molecule has 0 aromatic heterocycles. The maximum Gasteiger partial charge on any atom is 0.387 e. The Balaban J connectivity index is 2.09. The lowest BCUT2D eigenvalue weighted by Gasteiger charge is -2.18. The molecule has 3 rings (SSSR count). The normalized spacial score (nSPS) is 12.7. The molecule has 0 aliphatic carbocycles. The van der Waals surface area contributed by atoms with Crippen LogP contribution in [0.2, 0.25) is 0 Å². The number of fused-ring (bicyclic) bond motifs is 1. The number of benzene rings is 2. The van der Waals surface area contributed by atoms with E-state index in [0.717, 1.165) is 5.56 Å². The summed E-state index contributed by atoms with van der Waals surface area (Å²) in [6.07, 6.45) is 0. The number of methoxy groups -OCH3 is 2. The number of hydrogen-bond acceptors (Lipinski definition) is 6. The van der Waals surface area contributed by atoms with E-state index in [4.69, 9.17) is 18.9 Å². The summed E-state index contributed by atoms with van der Waals surface area (Å²) < 4.78 is 50.5. The molecule has 1 heterocycles. The number of carbonyl (C=O) groups excluding carboxylic acids is 1. The highest BCUT2D eigenvalue weighted by molar-refractivity contribution is 5.94. The third kappa shape index (κ3) is 3.41. The van der Waals surface area contributed by atoms with Crippen LogP contribution in [0.4, 0.5) is 8.78 Å². The lowest BCUT2D eigenvalue weighted by molar-refractivity contribution is -0.0515. The van der Waals surface area contributed by atoms with Gasteiger partial charge in [0.1, 0.15) is 6.61 Å². The summed E-state index contributed by atoms with van der Waals surface area (Å²) in [5, 5.41) is 0. The molecule has 0 N–H and O–H groups in total. The monoisotopic (exact) mass is 366 g/mol. The maximum atomic E-state index is 12.6. The number of halogens is 2. The molecule has 0 bridgehead atoms. The van der Waals surface area contributed by atoms with Crippen molar-refractivity contribution in [3.8, 4) is 28.4 Å². The highest BCUT2D eigenvalue weighted by Crippen LogP contribution is 2.45. The molecule has 0 atom stereocenters. The van der Waals surface area contributed by atoms with Gasteiger partial charge in [0.05, 0.1) is 12.7 Å². The molecule has 0 amide bonds. The van der Waals surface area contributed by atoms with Crippen LogP contribution >= 0.6 is 0 Å². The van der Waals surface area contributed by atoms with Gasteiger partial charge in [-0.2, -0.15) is 8.78 Å². The zero-order valence-electron chi connectivity index (χ0n) is 14.1. The second-order valence-corrected chi connectivity index (χ2v) is 5.35. The Hall–Kier alpha value is -2.87. The molecular weight excluding hydrogens is 350 g/mol. The van der Waals surface area contributed by atoms with Gasteiger partial charge in [0.15, 0.2) is 18.3 Å². The van der Waals surface area contributed by atoms with Gasteiger partial charge in [-0.25, -0.2) is 4.79 Å². The van der Waals surface area contributed by atoms with Crippen LogP contribution in [0.1, 0.15) is 15.9 Å². The minimum absolute atomic E-state index is 0.0210. The number of ether oxygens (including phenoxy) is 5. The van der Waals surface area contributed by atoms with Crippen molar-refractivity contribution in [2.45, 2.75) is 13.2 Å². The van der Waals surface area contributed by atoms with E-state index in [1.807, 2.05) is 0 Å². The van der Waals surface area contributed by atoms with Crippen molar-refractivity contribution in [3.05, 3.63) is 41.5 Å². The zero-order chi connectivity index (χ0) is 18.7. The minimum Gasteiger partial charge on any atom is -0.490 e. The molecule has 26 heavy (non-hydrogen) atoms. The van der Waals surface area contributed by atoms with Gasteiger partial charge in [-0.15, -0.1) is 0 Å². The van der Waals surface area contributed by atoms with Gasteiger partial charge in [0, 0.05) is 18.2 Å². The first kappa shape index (κ1) is 17.9. The topological polar surface area (TPSA) is 63.2 Å². The Morgan fingerprint density at radius 1 is 1.12 bits per heavy atom. The van der Waals surface area contributed by atoms with E-state index in [1.54, 1.807) is 24.3 Å². The van der Waals surface area contributed by atoms with Crippen LogP contribution in [0.25, 0.3) is 11.1 Å². The largest absolute Gasteiger partial charge is 0.490 e. The van der Waals surface area contributed by atoms with Crippen LogP contribution < -0.4 is 14.2 Å². The first-order valence-corrected chi connectivity index (χ1v) is 7.63. The highest BCUT2D eigenvalue weighted by Gasteiger charge is 2.24. The van der Waals surface area contributed by atoms with Crippen molar-refractivity contribution in [2.75, 3.05) is 21.0 Å². The molecule has 6 nitrogen and oxygen atoms in total. The van der Waals surface area contributed by atoms with Crippen LogP contribution in [-0.2, 0) is 16.1 Å². The molecule has 0 radical (unpaired) electrons. The van der Waals surface area contributed by atoms with Gasteiger partial charge in [-0.3, -0.25) is 0 Å². The second-order valence-electron chi connectivity index (χ2n) is 5.35. The molecule has 0 spiro atoms. The van der Waals surface area contributed by atoms with Crippen molar-refractivity contribution >= 4 is 5.97 Å². The fourth-order valence-electron chi connectivity index (χ4n) is 2.72. The molecule has 0 fully saturated rings. The number of hydrogen-bond donors (Lipinski definition) is 0. The van der Waals surface area contributed by atoms with Gasteiger partial charge in [-0.05, 0) is 29.8 Å². The fraction of sp³-hybridized carbons (Fsp3) is 0.278. The Morgan fingerprint density at radius 2 is 1.88 bits per heavy atom. The summed E-state index contributed by atoms with van der Waals surface area (Å²) in [7, 11) is 2.76. The van der Waals surface area contributed by atoms with Crippen molar-refractivity contribution in [1.82, 2.24) is 0 Å². The summed E-state index contributed by atoms with van der Waals surface area (Å²) in [5.41, 5.74) is 2.51. The molecule has 1 aliphatic heterocycles. The lowest BCUT2D eigenvalue weighted by atomic mass is 9.99.